The van der Waals surface area contributed by atoms with E-state index < -0.39 is 60.2 Å². The molecule has 2 N–H and O–H groups in total. The maximum Gasteiger partial charge on any atom is 0.306 e. The lowest BCUT2D eigenvalue weighted by molar-refractivity contribution is -0.123. The highest BCUT2D eigenvalue weighted by molar-refractivity contribution is 5.75. The van der Waals surface area contributed by atoms with Crippen molar-refractivity contribution in [2.45, 2.75) is 18.4 Å². The van der Waals surface area contributed by atoms with Gasteiger partial charge in [-0.25, -0.2) is 4.98 Å². The van der Waals surface area contributed by atoms with Crippen molar-refractivity contribution in [3.8, 4) is 0 Å². The van der Waals surface area contributed by atoms with E-state index in [0.29, 0.717) is 0 Å². The molecule has 0 aromatic carbocycles. The first-order valence-electron chi connectivity index (χ1n) is 9.34. The predicted octanol–water partition coefficient (Wildman–Crippen LogP) is 2.15. The molecular formula is C20H18F4N6O2. The topological polar surface area (TPSA) is 102 Å². The number of amides is 1. The van der Waals surface area contributed by atoms with Crippen molar-refractivity contribution in [1.29, 1.82) is 0 Å². The van der Waals surface area contributed by atoms with Gasteiger partial charge < -0.3 is 15.2 Å². The van der Waals surface area contributed by atoms with E-state index in [2.05, 4.69) is 20.3 Å². The normalized spacial score (nSPS) is 11.8. The molecule has 32 heavy (non-hydrogen) atoms. The second-order valence-corrected chi connectivity index (χ2v) is 6.68. The first-order chi connectivity index (χ1) is 15.2. The molecule has 168 valence electrons. The average Bonchev–Trinajstić information content (AvgIpc) is 2.79. The van der Waals surface area contributed by atoms with Gasteiger partial charge in [-0.1, -0.05) is 12.1 Å². The van der Waals surface area contributed by atoms with Crippen LogP contribution >= 0.6 is 0 Å². The number of carbonyl (C=O) groups is 1. The zero-order chi connectivity index (χ0) is 23.2. The van der Waals surface area contributed by atoms with E-state index >= 15 is 0 Å². The number of nitrogens with zero attached hydrogens (tertiary/aromatic N) is 4. The van der Waals surface area contributed by atoms with Crippen molar-refractivity contribution in [2.24, 2.45) is 0 Å². The lowest BCUT2D eigenvalue weighted by Gasteiger charge is -2.17. The van der Waals surface area contributed by atoms with Gasteiger partial charge in [-0.2, -0.15) is 17.6 Å². The minimum absolute atomic E-state index is 0.422. The van der Waals surface area contributed by atoms with Crippen molar-refractivity contribution in [3.05, 3.63) is 82.9 Å². The molecule has 3 rings (SSSR count). The van der Waals surface area contributed by atoms with Crippen LogP contribution in [0.1, 0.15) is 11.4 Å². The Morgan fingerprint density at radius 2 is 1.47 bits per heavy atom. The lowest BCUT2D eigenvalue weighted by atomic mass is 10.2. The molecule has 0 atom stereocenters. The van der Waals surface area contributed by atoms with Gasteiger partial charge in [0.2, 0.25) is 5.91 Å². The summed E-state index contributed by atoms with van der Waals surface area (Å²) in [4.78, 5) is 35.3. The summed E-state index contributed by atoms with van der Waals surface area (Å²) < 4.78 is 57.5. The fourth-order valence-corrected chi connectivity index (χ4v) is 2.65. The summed E-state index contributed by atoms with van der Waals surface area (Å²) in [5.74, 6) is -8.10. The van der Waals surface area contributed by atoms with Crippen molar-refractivity contribution < 1.29 is 22.4 Å². The Morgan fingerprint density at radius 1 is 0.875 bits per heavy atom. The summed E-state index contributed by atoms with van der Waals surface area (Å²) in [6.07, 6.45) is 4.68. The van der Waals surface area contributed by atoms with E-state index in [-0.39, 0.29) is 0 Å². The lowest BCUT2D eigenvalue weighted by Crippen LogP contribution is -2.39. The fraction of sp³-hybridized carbons (Fsp3) is 0.250. The van der Waals surface area contributed by atoms with Crippen LogP contribution in [0.4, 0.5) is 23.4 Å². The zero-order valence-electron chi connectivity index (χ0n) is 16.5. The Kier molecular flexibility index (Phi) is 6.81. The third-order valence-electron chi connectivity index (χ3n) is 4.29. The molecule has 8 nitrogen and oxygen atoms in total. The van der Waals surface area contributed by atoms with Gasteiger partial charge in [-0.3, -0.25) is 19.6 Å². The van der Waals surface area contributed by atoms with Crippen LogP contribution in [-0.4, -0.2) is 38.5 Å². The van der Waals surface area contributed by atoms with Crippen LogP contribution in [0.15, 0.2) is 66.0 Å². The van der Waals surface area contributed by atoms with Crippen LogP contribution < -0.4 is 16.2 Å². The number of aromatic nitrogens is 4. The molecule has 0 bridgehead atoms. The molecule has 0 spiro atoms. The number of nitrogens with one attached hydrogen (secondary N) is 2. The molecule has 0 radical (unpaired) electrons. The van der Waals surface area contributed by atoms with Gasteiger partial charge in [0.1, 0.15) is 17.9 Å². The van der Waals surface area contributed by atoms with Crippen LogP contribution in [0.3, 0.4) is 0 Å². The highest BCUT2D eigenvalue weighted by atomic mass is 19.3. The fourth-order valence-electron chi connectivity index (χ4n) is 2.65. The zero-order valence-corrected chi connectivity index (χ0v) is 16.5. The van der Waals surface area contributed by atoms with Gasteiger partial charge in [0.05, 0.1) is 13.1 Å². The van der Waals surface area contributed by atoms with E-state index in [4.69, 9.17) is 0 Å². The van der Waals surface area contributed by atoms with Crippen LogP contribution in [0.25, 0.3) is 0 Å². The first-order valence-corrected chi connectivity index (χ1v) is 9.34. The molecule has 3 heterocycles. The van der Waals surface area contributed by atoms with Crippen molar-refractivity contribution in [2.75, 3.05) is 18.4 Å². The summed E-state index contributed by atoms with van der Waals surface area (Å²) in [7, 11) is 0. The molecule has 12 heteroatoms. The van der Waals surface area contributed by atoms with Gasteiger partial charge in [-0.05, 0) is 24.3 Å². The molecule has 0 saturated heterocycles. The maximum atomic E-state index is 14.2. The molecule has 0 aliphatic heterocycles. The molecule has 0 saturated carbocycles. The summed E-state index contributed by atoms with van der Waals surface area (Å²) in [5.41, 5.74) is -1.87. The van der Waals surface area contributed by atoms with E-state index in [1.165, 1.54) is 36.7 Å². The van der Waals surface area contributed by atoms with E-state index in [0.717, 1.165) is 29.1 Å². The predicted molar refractivity (Wildman–Crippen MR) is 106 cm³/mol. The monoisotopic (exact) mass is 450 g/mol. The molecular weight excluding hydrogens is 432 g/mol. The Hall–Kier alpha value is -3.83. The first kappa shape index (κ1) is 22.8. The molecule has 0 aliphatic rings. The summed E-state index contributed by atoms with van der Waals surface area (Å²) in [5, 5.41) is 4.29. The standard InChI is InChI=1S/C20H18F4N6O2/c21-19(22,14-5-1-3-7-25-14)12-28-16(31)11-30-10-9-27-17(18(30)32)29-13-20(23,24)15-6-2-4-8-26-15/h1-10H,11-13H2,(H,27,29)(H,28,31). The van der Waals surface area contributed by atoms with E-state index in [1.54, 1.807) is 0 Å². The second-order valence-electron chi connectivity index (χ2n) is 6.68. The number of alkyl halides is 4. The molecule has 0 fully saturated rings. The summed E-state index contributed by atoms with van der Waals surface area (Å²) in [6, 6.07) is 8.02. The maximum absolute atomic E-state index is 14.2. The number of anilines is 1. The Bertz CT molecular complexity index is 1110. The van der Waals surface area contributed by atoms with Crippen molar-refractivity contribution in [3.63, 3.8) is 0 Å². The number of hydrogen-bond donors (Lipinski definition) is 2. The number of rotatable bonds is 9. The van der Waals surface area contributed by atoms with Crippen molar-refractivity contribution in [1.82, 2.24) is 24.8 Å². The number of hydrogen-bond acceptors (Lipinski definition) is 6. The summed E-state index contributed by atoms with van der Waals surface area (Å²) in [6.45, 7) is -2.59. The molecule has 1 amide bonds. The van der Waals surface area contributed by atoms with Gasteiger partial charge in [0, 0.05) is 24.8 Å². The molecule has 0 aliphatic carbocycles. The summed E-state index contributed by atoms with van der Waals surface area (Å²) >= 11 is 0. The van der Waals surface area contributed by atoms with Gasteiger partial charge in [0.25, 0.3) is 5.56 Å². The Morgan fingerprint density at radius 3 is 2.03 bits per heavy atom. The quantitative estimate of drug-likeness (QED) is 0.485. The largest absolute Gasteiger partial charge is 0.359 e. The molecule has 3 aromatic rings. The average molecular weight is 450 g/mol. The van der Waals surface area contributed by atoms with Gasteiger partial charge >= 0.3 is 11.8 Å². The number of carbonyl (C=O) groups excluding carboxylic acids is 1. The SMILES string of the molecule is O=C(Cn1ccnc(NCC(F)(F)c2ccccn2)c1=O)NCC(F)(F)c1ccccn1. The highest BCUT2D eigenvalue weighted by Crippen LogP contribution is 2.26. The molecule has 3 aromatic heterocycles. The molecule has 0 unspecified atom stereocenters. The Balaban J connectivity index is 1.61. The third kappa shape index (κ3) is 5.65. The van der Waals surface area contributed by atoms with Crippen LogP contribution in [0.5, 0.6) is 0 Å². The number of halogens is 4. The second kappa shape index (κ2) is 9.54. The Labute approximate surface area is 179 Å². The third-order valence-corrected chi connectivity index (χ3v) is 4.29. The van der Waals surface area contributed by atoms with Crippen LogP contribution in [0, 0.1) is 0 Å². The van der Waals surface area contributed by atoms with E-state index in [9.17, 15) is 27.2 Å². The van der Waals surface area contributed by atoms with Crippen LogP contribution in [-0.2, 0) is 23.2 Å². The van der Waals surface area contributed by atoms with Gasteiger partial charge in [0.15, 0.2) is 5.82 Å². The van der Waals surface area contributed by atoms with Crippen molar-refractivity contribution >= 4 is 11.7 Å². The smallest absolute Gasteiger partial charge is 0.306 e. The minimum Gasteiger partial charge on any atom is -0.359 e. The minimum atomic E-state index is -3.41. The van der Waals surface area contributed by atoms with Gasteiger partial charge in [-0.15, -0.1) is 0 Å². The highest BCUT2D eigenvalue weighted by Gasteiger charge is 2.34. The van der Waals surface area contributed by atoms with Crippen LogP contribution in [0.2, 0.25) is 0 Å². The number of pyridine rings is 2. The van der Waals surface area contributed by atoms with E-state index in [1.807, 2.05) is 5.32 Å².